The van der Waals surface area contributed by atoms with Crippen LogP contribution in [0.5, 0.6) is 0 Å². The van der Waals surface area contributed by atoms with E-state index in [0.29, 0.717) is 18.8 Å². The maximum atomic E-state index is 11.9. The number of hydrogen-bond donors (Lipinski definition) is 1. The maximum absolute atomic E-state index is 11.9. The monoisotopic (exact) mass is 298 g/mol. The molecular formula is C12H18N4O3S. The molecule has 0 saturated carbocycles. The molecule has 1 amide bonds. The summed E-state index contributed by atoms with van der Waals surface area (Å²) in [7, 11) is 0. The Bertz CT molecular complexity index is 497. The third-order valence-corrected chi connectivity index (χ3v) is 4.14. The molecule has 1 N–H and O–H groups in total. The van der Waals surface area contributed by atoms with Crippen molar-refractivity contribution >= 4 is 23.6 Å². The standard InChI is InChI=1S/C12H18N4O3S/c1-8(2)16-7-13-14-12(16)20-6-10(17)15-4-9(5-15)3-11(18)19/h7-9H,3-6H2,1-2H3,(H,18,19). The topological polar surface area (TPSA) is 88.3 Å². The largest absolute Gasteiger partial charge is 0.481 e. The van der Waals surface area contributed by atoms with Crippen LogP contribution in [0.2, 0.25) is 0 Å². The van der Waals surface area contributed by atoms with Crippen LogP contribution in [0.1, 0.15) is 26.3 Å². The van der Waals surface area contributed by atoms with Gasteiger partial charge in [-0.1, -0.05) is 11.8 Å². The molecule has 1 fully saturated rings. The zero-order chi connectivity index (χ0) is 14.7. The smallest absolute Gasteiger partial charge is 0.303 e. The van der Waals surface area contributed by atoms with Crippen molar-refractivity contribution in [3.63, 3.8) is 0 Å². The Kier molecular flexibility index (Phi) is 4.64. The number of aromatic nitrogens is 3. The summed E-state index contributed by atoms with van der Waals surface area (Å²) >= 11 is 1.36. The van der Waals surface area contributed by atoms with Crippen LogP contribution in [0, 0.1) is 5.92 Å². The minimum absolute atomic E-state index is 0.0231. The zero-order valence-electron chi connectivity index (χ0n) is 11.5. The van der Waals surface area contributed by atoms with E-state index in [0.717, 1.165) is 5.16 Å². The molecule has 1 aromatic rings. The molecule has 0 radical (unpaired) electrons. The number of thioether (sulfide) groups is 1. The first-order valence-electron chi connectivity index (χ1n) is 6.49. The van der Waals surface area contributed by atoms with Gasteiger partial charge in [0.25, 0.3) is 0 Å². The van der Waals surface area contributed by atoms with Gasteiger partial charge in [0, 0.05) is 25.0 Å². The average Bonchev–Trinajstić information content (AvgIpc) is 2.78. The highest BCUT2D eigenvalue weighted by Crippen LogP contribution is 2.23. The van der Waals surface area contributed by atoms with Crippen molar-refractivity contribution in [2.24, 2.45) is 5.92 Å². The number of amides is 1. The minimum Gasteiger partial charge on any atom is -0.481 e. The summed E-state index contributed by atoms with van der Waals surface area (Å²) in [6.45, 7) is 5.15. The summed E-state index contributed by atoms with van der Waals surface area (Å²) in [5.74, 6) is -0.372. The van der Waals surface area contributed by atoms with Gasteiger partial charge in [0.05, 0.1) is 12.2 Å². The Morgan fingerprint density at radius 3 is 2.80 bits per heavy atom. The summed E-state index contributed by atoms with van der Waals surface area (Å²) in [5.41, 5.74) is 0. The van der Waals surface area contributed by atoms with Gasteiger partial charge in [0.2, 0.25) is 5.91 Å². The number of carboxylic acid groups (broad SMARTS) is 1. The van der Waals surface area contributed by atoms with Crippen LogP contribution in [0.3, 0.4) is 0 Å². The van der Waals surface area contributed by atoms with E-state index in [4.69, 9.17) is 5.11 Å². The van der Waals surface area contributed by atoms with E-state index < -0.39 is 5.97 Å². The number of hydrogen-bond acceptors (Lipinski definition) is 5. The SMILES string of the molecule is CC(C)n1cnnc1SCC(=O)N1CC(CC(=O)O)C1. The normalized spacial score (nSPS) is 15.4. The highest BCUT2D eigenvalue weighted by atomic mass is 32.2. The van der Waals surface area contributed by atoms with Crippen LogP contribution in [0.4, 0.5) is 0 Å². The van der Waals surface area contributed by atoms with Gasteiger partial charge in [-0.15, -0.1) is 10.2 Å². The summed E-state index contributed by atoms with van der Waals surface area (Å²) in [4.78, 5) is 24.2. The van der Waals surface area contributed by atoms with Crippen LogP contribution in [0.15, 0.2) is 11.5 Å². The molecule has 0 aliphatic carbocycles. The Hall–Kier alpha value is -1.57. The average molecular weight is 298 g/mol. The van der Waals surface area contributed by atoms with E-state index in [1.807, 2.05) is 18.4 Å². The second-order valence-electron chi connectivity index (χ2n) is 5.17. The fraction of sp³-hybridized carbons (Fsp3) is 0.667. The van der Waals surface area contributed by atoms with E-state index in [2.05, 4.69) is 10.2 Å². The molecule has 0 atom stereocenters. The number of nitrogens with zero attached hydrogens (tertiary/aromatic N) is 4. The van der Waals surface area contributed by atoms with Gasteiger partial charge in [-0.3, -0.25) is 9.59 Å². The predicted octanol–water partition coefficient (Wildman–Crippen LogP) is 0.884. The molecular weight excluding hydrogens is 280 g/mol. The van der Waals surface area contributed by atoms with E-state index in [-0.39, 0.29) is 24.3 Å². The van der Waals surface area contributed by atoms with Gasteiger partial charge >= 0.3 is 5.97 Å². The highest BCUT2D eigenvalue weighted by Gasteiger charge is 2.31. The molecule has 0 aromatic carbocycles. The predicted molar refractivity (Wildman–Crippen MR) is 73.5 cm³/mol. The maximum Gasteiger partial charge on any atom is 0.303 e. The van der Waals surface area contributed by atoms with Gasteiger partial charge in [-0.2, -0.15) is 0 Å². The van der Waals surface area contributed by atoms with Crippen LogP contribution in [-0.4, -0.2) is 55.5 Å². The van der Waals surface area contributed by atoms with E-state index >= 15 is 0 Å². The molecule has 1 aliphatic heterocycles. The van der Waals surface area contributed by atoms with Crippen LogP contribution in [-0.2, 0) is 9.59 Å². The first kappa shape index (κ1) is 14.8. The molecule has 7 nitrogen and oxygen atoms in total. The van der Waals surface area contributed by atoms with Crippen molar-refractivity contribution in [3.05, 3.63) is 6.33 Å². The summed E-state index contributed by atoms with van der Waals surface area (Å²) in [5, 5.41) is 17.2. The number of rotatable bonds is 6. The minimum atomic E-state index is -0.804. The summed E-state index contributed by atoms with van der Waals surface area (Å²) in [6.07, 6.45) is 1.79. The lowest BCUT2D eigenvalue weighted by Gasteiger charge is -2.38. The lowest BCUT2D eigenvalue weighted by Crippen LogP contribution is -2.51. The molecule has 0 bridgehead atoms. The van der Waals surface area contributed by atoms with Gasteiger partial charge in [0.15, 0.2) is 5.16 Å². The van der Waals surface area contributed by atoms with Gasteiger partial charge in [-0.25, -0.2) is 0 Å². The second kappa shape index (κ2) is 6.25. The summed E-state index contributed by atoms with van der Waals surface area (Å²) in [6, 6.07) is 0.256. The third kappa shape index (κ3) is 3.50. The van der Waals surface area contributed by atoms with Crippen molar-refractivity contribution in [1.82, 2.24) is 19.7 Å². The molecule has 20 heavy (non-hydrogen) atoms. The highest BCUT2D eigenvalue weighted by molar-refractivity contribution is 7.99. The van der Waals surface area contributed by atoms with E-state index in [1.54, 1.807) is 11.2 Å². The Morgan fingerprint density at radius 1 is 1.50 bits per heavy atom. The number of carboxylic acids is 1. The lowest BCUT2D eigenvalue weighted by atomic mass is 9.96. The van der Waals surface area contributed by atoms with Crippen LogP contribution >= 0.6 is 11.8 Å². The van der Waals surface area contributed by atoms with E-state index in [9.17, 15) is 9.59 Å². The Morgan fingerprint density at radius 2 is 2.20 bits per heavy atom. The van der Waals surface area contributed by atoms with Crippen molar-refractivity contribution in [2.75, 3.05) is 18.8 Å². The molecule has 8 heteroatoms. The first-order valence-corrected chi connectivity index (χ1v) is 7.47. The van der Waals surface area contributed by atoms with Crippen molar-refractivity contribution in [2.45, 2.75) is 31.5 Å². The molecule has 1 aromatic heterocycles. The van der Waals surface area contributed by atoms with Crippen LogP contribution in [0.25, 0.3) is 0 Å². The van der Waals surface area contributed by atoms with Gasteiger partial charge in [0.1, 0.15) is 6.33 Å². The Balaban J connectivity index is 1.76. The third-order valence-electron chi connectivity index (χ3n) is 3.19. The molecule has 1 saturated heterocycles. The summed E-state index contributed by atoms with van der Waals surface area (Å²) < 4.78 is 1.92. The first-order chi connectivity index (χ1) is 9.47. The molecule has 2 rings (SSSR count). The molecule has 0 spiro atoms. The molecule has 0 unspecified atom stereocenters. The number of carbonyl (C=O) groups is 2. The fourth-order valence-electron chi connectivity index (χ4n) is 2.06. The number of carbonyl (C=O) groups excluding carboxylic acids is 1. The molecule has 110 valence electrons. The molecule has 1 aliphatic rings. The second-order valence-corrected chi connectivity index (χ2v) is 6.11. The zero-order valence-corrected chi connectivity index (χ0v) is 12.3. The van der Waals surface area contributed by atoms with Crippen molar-refractivity contribution in [3.8, 4) is 0 Å². The van der Waals surface area contributed by atoms with Crippen molar-refractivity contribution < 1.29 is 14.7 Å². The lowest BCUT2D eigenvalue weighted by molar-refractivity contribution is -0.143. The van der Waals surface area contributed by atoms with E-state index in [1.165, 1.54) is 11.8 Å². The molecule has 2 heterocycles. The Labute approximate surface area is 121 Å². The number of likely N-dealkylation sites (tertiary alicyclic amines) is 1. The van der Waals surface area contributed by atoms with Crippen LogP contribution < -0.4 is 0 Å². The number of aliphatic carboxylic acids is 1. The van der Waals surface area contributed by atoms with Gasteiger partial charge < -0.3 is 14.6 Å². The van der Waals surface area contributed by atoms with Gasteiger partial charge in [-0.05, 0) is 13.8 Å². The quantitative estimate of drug-likeness (QED) is 0.784. The van der Waals surface area contributed by atoms with Crippen molar-refractivity contribution in [1.29, 1.82) is 0 Å². The fourth-order valence-corrected chi connectivity index (χ4v) is 3.00.